The maximum Gasteiger partial charge on any atom is 0.394 e. The minimum Gasteiger partial charge on any atom is -0.344 e. The lowest BCUT2D eigenvalue weighted by atomic mass is 10.1. The second kappa shape index (κ2) is 6.62. The van der Waals surface area contributed by atoms with Crippen molar-refractivity contribution in [3.63, 3.8) is 0 Å². The van der Waals surface area contributed by atoms with Gasteiger partial charge in [-0.15, -0.1) is 0 Å². The summed E-state index contributed by atoms with van der Waals surface area (Å²) in [6.45, 7) is -0.552. The van der Waals surface area contributed by atoms with Crippen molar-refractivity contribution < 1.29 is 52.6 Å². The van der Waals surface area contributed by atoms with Crippen LogP contribution in [-0.4, -0.2) is 41.7 Å². The molecule has 5 nitrogen and oxygen atoms in total. The summed E-state index contributed by atoms with van der Waals surface area (Å²) >= 11 is 0. The van der Waals surface area contributed by atoms with Gasteiger partial charge in [-0.05, 0) is 0 Å². The Bertz CT molecular complexity index is 356. The highest BCUT2D eigenvalue weighted by molar-refractivity contribution is 7.79. The molecule has 5 N–H and O–H groups in total. The monoisotopic (exact) mass is 331 g/mol. The summed E-state index contributed by atoms with van der Waals surface area (Å²) in [5.41, 5.74) is 0. The fourth-order valence-corrected chi connectivity index (χ4v) is 0.430. The SMILES string of the molecule is CC(F)(F)C(F)(F)C(F)(F)C(F)F.N.O=S(=O)(O)O. The van der Waals surface area contributed by atoms with Gasteiger partial charge in [-0.3, -0.25) is 9.11 Å². The van der Waals surface area contributed by atoms with Crippen molar-refractivity contribution in [3.8, 4) is 0 Å². The smallest absolute Gasteiger partial charge is 0.344 e. The van der Waals surface area contributed by atoms with Gasteiger partial charge in [0.15, 0.2) is 0 Å². The summed E-state index contributed by atoms with van der Waals surface area (Å²) in [6, 6.07) is 0. The summed E-state index contributed by atoms with van der Waals surface area (Å²) in [6.07, 6.45) is -4.84. The van der Waals surface area contributed by atoms with Crippen LogP contribution in [0.1, 0.15) is 6.92 Å². The molecule has 0 bridgehead atoms. The molecule has 0 aromatic heterocycles. The molecule has 0 rings (SSSR count). The zero-order chi connectivity index (χ0) is 15.6. The van der Waals surface area contributed by atoms with Crippen molar-refractivity contribution >= 4 is 10.4 Å². The van der Waals surface area contributed by atoms with E-state index in [0.717, 1.165) is 0 Å². The Hall–Kier alpha value is -0.730. The summed E-state index contributed by atoms with van der Waals surface area (Å²) in [7, 11) is -4.67. The maximum atomic E-state index is 12.0. The summed E-state index contributed by atoms with van der Waals surface area (Å²) in [4.78, 5) is 0. The van der Waals surface area contributed by atoms with E-state index >= 15 is 0 Å². The predicted octanol–water partition coefficient (Wildman–Crippen LogP) is 2.69. The molecule has 0 aromatic carbocycles. The van der Waals surface area contributed by atoms with Crippen molar-refractivity contribution in [1.82, 2.24) is 6.15 Å². The number of hydrogen-bond donors (Lipinski definition) is 3. The summed E-state index contributed by atoms with van der Waals surface area (Å²) < 4.78 is 125. The van der Waals surface area contributed by atoms with Crippen LogP contribution in [0.2, 0.25) is 0 Å². The third-order valence-corrected chi connectivity index (χ3v) is 1.24. The van der Waals surface area contributed by atoms with E-state index in [9.17, 15) is 35.1 Å². The molecule has 0 aliphatic rings. The normalized spacial score (nSPS) is 13.5. The van der Waals surface area contributed by atoms with Gasteiger partial charge in [-0.1, -0.05) is 0 Å². The van der Waals surface area contributed by atoms with E-state index < -0.39 is 41.5 Å². The highest BCUT2D eigenvalue weighted by atomic mass is 32.3. The van der Waals surface area contributed by atoms with E-state index in [2.05, 4.69) is 0 Å². The van der Waals surface area contributed by atoms with E-state index in [1.807, 2.05) is 0 Å². The Kier molecular flexibility index (Phi) is 8.15. The first-order valence-corrected chi connectivity index (χ1v) is 4.95. The lowest BCUT2D eigenvalue weighted by Gasteiger charge is -2.29. The van der Waals surface area contributed by atoms with Gasteiger partial charge >= 0.3 is 34.6 Å². The number of halogens is 8. The Morgan fingerprint density at radius 2 is 1.16 bits per heavy atom. The third kappa shape index (κ3) is 7.44. The second-order valence-corrected chi connectivity index (χ2v) is 3.73. The molecule has 0 aromatic rings. The van der Waals surface area contributed by atoms with Crippen LogP contribution in [0.15, 0.2) is 0 Å². The van der Waals surface area contributed by atoms with Crippen LogP contribution in [0.25, 0.3) is 0 Å². The zero-order valence-electron chi connectivity index (χ0n) is 8.93. The summed E-state index contributed by atoms with van der Waals surface area (Å²) in [5.74, 6) is -17.3. The standard InChI is InChI=1S/C5H4F8.H3N.H2O4S/c1-3(8,9)5(12,13)4(10,11)2(6)7;;1-5(2,3)4/h2H,1H3;1H3;(H2,1,2,3,4). The molecule has 19 heavy (non-hydrogen) atoms. The van der Waals surface area contributed by atoms with Crippen molar-refractivity contribution in [2.45, 2.75) is 31.1 Å². The molecule has 0 heterocycles. The van der Waals surface area contributed by atoms with Crippen LogP contribution in [0, 0.1) is 0 Å². The molecule has 0 radical (unpaired) electrons. The van der Waals surface area contributed by atoms with E-state index in [4.69, 9.17) is 17.5 Å². The number of alkyl halides is 8. The summed E-state index contributed by atoms with van der Waals surface area (Å²) in [5, 5.41) is 0. The molecule has 0 atom stereocenters. The minimum atomic E-state index is -6.06. The van der Waals surface area contributed by atoms with Crippen LogP contribution in [0.5, 0.6) is 0 Å². The average molecular weight is 331 g/mol. The third-order valence-electron chi connectivity index (χ3n) is 1.24. The van der Waals surface area contributed by atoms with Gasteiger partial charge in [0.25, 0.3) is 0 Å². The fraction of sp³-hybridized carbons (Fsp3) is 1.00. The second-order valence-electron chi connectivity index (χ2n) is 2.83. The van der Waals surface area contributed by atoms with Crippen molar-refractivity contribution in [3.05, 3.63) is 0 Å². The molecule has 0 unspecified atom stereocenters. The molecular formula is C5H9F8NO4S. The highest BCUT2D eigenvalue weighted by Crippen LogP contribution is 2.47. The molecule has 0 aliphatic carbocycles. The maximum absolute atomic E-state index is 12.0. The molecule has 0 saturated heterocycles. The first-order valence-electron chi connectivity index (χ1n) is 3.56. The Labute approximate surface area is 101 Å². The fourth-order valence-electron chi connectivity index (χ4n) is 0.430. The molecule has 120 valence electrons. The molecule has 0 spiro atoms. The Morgan fingerprint density at radius 1 is 0.947 bits per heavy atom. The van der Waals surface area contributed by atoms with Gasteiger partial charge in [0.1, 0.15) is 0 Å². The topological polar surface area (TPSA) is 110 Å². The lowest BCUT2D eigenvalue weighted by Crippen LogP contribution is -2.56. The largest absolute Gasteiger partial charge is 0.394 e. The van der Waals surface area contributed by atoms with Gasteiger partial charge < -0.3 is 6.15 Å². The Balaban J connectivity index is -0.000000366. The van der Waals surface area contributed by atoms with Gasteiger partial charge in [0.05, 0.1) is 0 Å². The van der Waals surface area contributed by atoms with Gasteiger partial charge in [0, 0.05) is 6.92 Å². The van der Waals surface area contributed by atoms with Crippen molar-refractivity contribution in [2.24, 2.45) is 0 Å². The van der Waals surface area contributed by atoms with Crippen molar-refractivity contribution in [2.75, 3.05) is 0 Å². The van der Waals surface area contributed by atoms with Gasteiger partial charge in [0.2, 0.25) is 0 Å². The molecule has 0 aliphatic heterocycles. The minimum absolute atomic E-state index is 0. The molecule has 14 heteroatoms. The van der Waals surface area contributed by atoms with Crippen LogP contribution in [0.3, 0.4) is 0 Å². The van der Waals surface area contributed by atoms with Crippen LogP contribution in [-0.2, 0) is 10.4 Å². The highest BCUT2D eigenvalue weighted by Gasteiger charge is 2.73. The van der Waals surface area contributed by atoms with Crippen LogP contribution in [0.4, 0.5) is 35.1 Å². The molecule has 0 fully saturated rings. The lowest BCUT2D eigenvalue weighted by molar-refractivity contribution is -0.333. The van der Waals surface area contributed by atoms with E-state index in [-0.39, 0.29) is 6.15 Å². The predicted molar refractivity (Wildman–Crippen MR) is 45.7 cm³/mol. The number of rotatable bonds is 3. The first-order chi connectivity index (χ1) is 7.44. The van der Waals surface area contributed by atoms with Crippen molar-refractivity contribution in [1.29, 1.82) is 0 Å². The Morgan fingerprint density at radius 3 is 1.21 bits per heavy atom. The quantitative estimate of drug-likeness (QED) is 0.544. The van der Waals surface area contributed by atoms with Gasteiger partial charge in [-0.25, -0.2) is 8.78 Å². The number of hydrogen-bond acceptors (Lipinski definition) is 3. The molecule has 0 saturated carbocycles. The van der Waals surface area contributed by atoms with Crippen LogP contribution >= 0.6 is 0 Å². The van der Waals surface area contributed by atoms with E-state index in [0.29, 0.717) is 0 Å². The first kappa shape index (κ1) is 23.4. The molecular weight excluding hydrogens is 322 g/mol. The van der Waals surface area contributed by atoms with Crippen LogP contribution < -0.4 is 6.15 Å². The zero-order valence-corrected chi connectivity index (χ0v) is 9.74. The average Bonchev–Trinajstić information content (AvgIpc) is 1.97. The molecule has 0 amide bonds. The van der Waals surface area contributed by atoms with E-state index in [1.165, 1.54) is 0 Å². The van der Waals surface area contributed by atoms with E-state index in [1.54, 1.807) is 0 Å². The van der Waals surface area contributed by atoms with Gasteiger partial charge in [-0.2, -0.15) is 34.8 Å².